The van der Waals surface area contributed by atoms with Crippen LogP contribution < -0.4 is 5.32 Å². The maximum Gasteiger partial charge on any atom is 0.255 e. The van der Waals surface area contributed by atoms with Crippen molar-refractivity contribution >= 4 is 33.0 Å². The van der Waals surface area contributed by atoms with Crippen LogP contribution in [0, 0.1) is 41.6 Å². The predicted molar refractivity (Wildman–Crippen MR) is 116 cm³/mol. The first-order chi connectivity index (χ1) is 15.4. The molecular weight excluding hydrogens is 479 g/mol. The van der Waals surface area contributed by atoms with Crippen LogP contribution in [0.2, 0.25) is 5.02 Å². The highest BCUT2D eigenvalue weighted by Crippen LogP contribution is 2.51. The molecule has 10 heteroatoms. The number of hydrogen-bond acceptors (Lipinski definition) is 4. The van der Waals surface area contributed by atoms with Gasteiger partial charge in [-0.1, -0.05) is 17.5 Å². The number of aliphatic hydroxyl groups is 1. The number of hydrogen-bond donors (Lipinski definition) is 2. The van der Waals surface area contributed by atoms with Crippen LogP contribution in [-0.2, 0) is 9.84 Å². The second kappa shape index (κ2) is 8.35. The summed E-state index contributed by atoms with van der Waals surface area (Å²) in [5, 5.41) is 11.8. The molecule has 2 aliphatic rings. The molecule has 4 atom stereocenters. The van der Waals surface area contributed by atoms with Crippen molar-refractivity contribution in [2.45, 2.75) is 41.4 Å². The molecule has 2 fully saturated rings. The minimum Gasteiger partial charge on any atom is -0.378 e. The van der Waals surface area contributed by atoms with Gasteiger partial charge in [-0.15, -0.1) is 6.42 Å². The van der Waals surface area contributed by atoms with Gasteiger partial charge in [0.05, 0.1) is 15.2 Å². The highest BCUT2D eigenvalue weighted by Gasteiger charge is 2.54. The van der Waals surface area contributed by atoms with Gasteiger partial charge in [0.2, 0.25) is 0 Å². The Bertz CT molecular complexity index is 1250. The number of fused-ring (bicyclic) bond motifs is 2. The van der Waals surface area contributed by atoms with E-state index < -0.39 is 44.0 Å². The molecule has 174 valence electrons. The van der Waals surface area contributed by atoms with Crippen molar-refractivity contribution in [3.05, 3.63) is 58.4 Å². The van der Waals surface area contributed by atoms with E-state index in [9.17, 15) is 31.5 Å². The SMILES string of the molecule is C#C[C@]1(O)CC2CC[C@@H](C1)C2S(=O)(=O)c1cc(C(=O)Nc2cc(F)c(F)c(F)c2)ccc1Cl. The number of amides is 1. The molecule has 2 aromatic rings. The number of benzene rings is 2. The van der Waals surface area contributed by atoms with Gasteiger partial charge in [-0.3, -0.25) is 4.79 Å². The summed E-state index contributed by atoms with van der Waals surface area (Å²) in [6.07, 6.45) is 6.94. The van der Waals surface area contributed by atoms with E-state index in [2.05, 4.69) is 11.2 Å². The Morgan fingerprint density at radius 3 is 2.24 bits per heavy atom. The van der Waals surface area contributed by atoms with Gasteiger partial charge in [0.25, 0.3) is 5.91 Å². The van der Waals surface area contributed by atoms with Crippen molar-refractivity contribution in [3.8, 4) is 12.3 Å². The quantitative estimate of drug-likeness (QED) is 0.486. The summed E-state index contributed by atoms with van der Waals surface area (Å²) in [5.41, 5.74) is -1.80. The summed E-state index contributed by atoms with van der Waals surface area (Å²) in [5.74, 6) is -3.84. The highest BCUT2D eigenvalue weighted by atomic mass is 35.5. The van der Waals surface area contributed by atoms with Crippen molar-refractivity contribution < 1.29 is 31.5 Å². The largest absolute Gasteiger partial charge is 0.378 e. The first kappa shape index (κ1) is 23.6. The van der Waals surface area contributed by atoms with E-state index in [-0.39, 0.29) is 45.8 Å². The van der Waals surface area contributed by atoms with Gasteiger partial charge in [0, 0.05) is 23.4 Å². The molecule has 4 rings (SSSR count). The molecule has 2 aromatic carbocycles. The van der Waals surface area contributed by atoms with E-state index >= 15 is 0 Å². The fourth-order valence-corrected chi connectivity index (χ4v) is 7.84. The molecule has 0 saturated heterocycles. The van der Waals surface area contributed by atoms with Crippen LogP contribution in [-0.4, -0.2) is 30.3 Å². The fraction of sp³-hybridized carbons (Fsp3) is 0.348. The fourth-order valence-electron chi connectivity index (χ4n) is 4.99. The van der Waals surface area contributed by atoms with Crippen LogP contribution in [0.3, 0.4) is 0 Å². The second-order valence-electron chi connectivity index (χ2n) is 8.54. The lowest BCUT2D eigenvalue weighted by atomic mass is 9.78. The lowest BCUT2D eigenvalue weighted by Gasteiger charge is -2.38. The number of rotatable bonds is 4. The Labute approximate surface area is 193 Å². The molecule has 1 amide bonds. The molecular formula is C23H19ClF3NO4S. The monoisotopic (exact) mass is 497 g/mol. The van der Waals surface area contributed by atoms with E-state index in [0.717, 1.165) is 6.07 Å². The number of carbonyl (C=O) groups excluding carboxylic acids is 1. The third-order valence-electron chi connectivity index (χ3n) is 6.41. The van der Waals surface area contributed by atoms with E-state index in [0.29, 0.717) is 25.0 Å². The van der Waals surface area contributed by atoms with E-state index in [4.69, 9.17) is 18.0 Å². The summed E-state index contributed by atoms with van der Waals surface area (Å²) in [6, 6.07) is 4.83. The van der Waals surface area contributed by atoms with Crippen LogP contribution in [0.25, 0.3) is 0 Å². The first-order valence-corrected chi connectivity index (χ1v) is 12.1. The number of carbonyl (C=O) groups is 1. The minimum atomic E-state index is -4.00. The van der Waals surface area contributed by atoms with Crippen LogP contribution in [0.15, 0.2) is 35.2 Å². The van der Waals surface area contributed by atoms with Crippen molar-refractivity contribution in [3.63, 3.8) is 0 Å². The van der Waals surface area contributed by atoms with Gasteiger partial charge in [0.15, 0.2) is 27.3 Å². The van der Waals surface area contributed by atoms with Crippen molar-refractivity contribution in [2.75, 3.05) is 5.32 Å². The van der Waals surface area contributed by atoms with Crippen LogP contribution in [0.4, 0.5) is 18.9 Å². The van der Waals surface area contributed by atoms with Crippen LogP contribution >= 0.6 is 11.6 Å². The topological polar surface area (TPSA) is 83.5 Å². The van der Waals surface area contributed by atoms with Gasteiger partial charge < -0.3 is 10.4 Å². The van der Waals surface area contributed by atoms with Crippen molar-refractivity contribution in [2.24, 2.45) is 11.8 Å². The maximum absolute atomic E-state index is 13.5. The molecule has 0 aromatic heterocycles. The number of halogens is 4. The molecule has 2 aliphatic carbocycles. The molecule has 0 heterocycles. The molecule has 2 N–H and O–H groups in total. The standard InChI is InChI=1S/C23H19ClF3NO4S/c1-2-23(30)10-13-3-4-14(11-23)21(13)33(31,32)19-7-12(5-6-16(19)24)22(29)28-15-8-17(25)20(27)18(26)9-15/h1,5-9,13-14,21,30H,3-4,10-11H2,(H,28,29)/t13-,14?,21?,23+/m0/s1. The number of nitrogens with one attached hydrogen (secondary N) is 1. The Hall–Kier alpha value is -2.54. The van der Waals surface area contributed by atoms with Gasteiger partial charge in [-0.25, -0.2) is 21.6 Å². The summed E-state index contributed by atoms with van der Waals surface area (Å²) < 4.78 is 67.1. The zero-order valence-corrected chi connectivity index (χ0v) is 18.7. The van der Waals surface area contributed by atoms with Crippen molar-refractivity contribution in [1.29, 1.82) is 0 Å². The van der Waals surface area contributed by atoms with Gasteiger partial charge in [0.1, 0.15) is 5.60 Å². The Balaban J connectivity index is 1.64. The molecule has 0 spiro atoms. The second-order valence-corrected chi connectivity index (χ2v) is 11.0. The first-order valence-electron chi connectivity index (χ1n) is 10.1. The summed E-state index contributed by atoms with van der Waals surface area (Å²) in [7, 11) is -4.00. The smallest absolute Gasteiger partial charge is 0.255 e. The van der Waals surface area contributed by atoms with E-state index in [1.54, 1.807) is 0 Å². The molecule has 2 bridgehead atoms. The lowest BCUT2D eigenvalue weighted by Crippen LogP contribution is -2.45. The van der Waals surface area contributed by atoms with Crippen LogP contribution in [0.5, 0.6) is 0 Å². The van der Waals surface area contributed by atoms with Gasteiger partial charge in [-0.2, -0.15) is 0 Å². The highest BCUT2D eigenvalue weighted by molar-refractivity contribution is 7.92. The average molecular weight is 498 g/mol. The predicted octanol–water partition coefficient (Wildman–Crippen LogP) is 4.34. The summed E-state index contributed by atoms with van der Waals surface area (Å²) in [6.45, 7) is 0. The normalized spacial score (nSPS) is 26.6. The minimum absolute atomic E-state index is 0.0809. The van der Waals surface area contributed by atoms with Crippen LogP contribution in [0.1, 0.15) is 36.0 Å². The molecule has 0 aliphatic heterocycles. The maximum atomic E-state index is 13.5. The zero-order chi connectivity index (χ0) is 24.1. The Kier molecular flexibility index (Phi) is 5.97. The van der Waals surface area contributed by atoms with Gasteiger partial charge in [-0.05, 0) is 55.7 Å². The van der Waals surface area contributed by atoms with E-state index in [1.165, 1.54) is 12.1 Å². The zero-order valence-electron chi connectivity index (χ0n) is 17.1. The van der Waals surface area contributed by atoms with E-state index in [1.807, 2.05) is 0 Å². The third-order valence-corrected chi connectivity index (χ3v) is 9.28. The average Bonchev–Trinajstić information content (AvgIpc) is 3.05. The van der Waals surface area contributed by atoms with Gasteiger partial charge >= 0.3 is 0 Å². The molecule has 33 heavy (non-hydrogen) atoms. The molecule has 2 saturated carbocycles. The number of anilines is 1. The van der Waals surface area contributed by atoms with Crippen molar-refractivity contribution in [1.82, 2.24) is 0 Å². The third kappa shape index (κ3) is 4.23. The lowest BCUT2D eigenvalue weighted by molar-refractivity contribution is 0.0342. The number of terminal acetylenes is 1. The Morgan fingerprint density at radius 2 is 1.70 bits per heavy atom. The number of sulfone groups is 1. The summed E-state index contributed by atoms with van der Waals surface area (Å²) >= 11 is 6.19. The Morgan fingerprint density at radius 1 is 1.12 bits per heavy atom. The molecule has 0 radical (unpaired) electrons. The molecule has 5 nitrogen and oxygen atoms in total. The molecule has 2 unspecified atom stereocenters. The summed E-state index contributed by atoms with van der Waals surface area (Å²) in [4.78, 5) is 12.4.